The molecule has 1 aromatic heterocycles. The maximum Gasteiger partial charge on any atom is 0.270 e. The van der Waals surface area contributed by atoms with E-state index in [1.807, 2.05) is 6.92 Å². The topological polar surface area (TPSA) is 52.0 Å². The number of hydrogen-bond acceptors (Lipinski definition) is 3. The van der Waals surface area contributed by atoms with Gasteiger partial charge in [0.05, 0.1) is 10.7 Å². The molecule has 0 saturated carbocycles. The van der Waals surface area contributed by atoms with Gasteiger partial charge >= 0.3 is 0 Å². The van der Waals surface area contributed by atoms with E-state index in [0.29, 0.717) is 23.0 Å². The Morgan fingerprint density at radius 2 is 2.00 bits per heavy atom. The Hall–Kier alpha value is -1.04. The van der Waals surface area contributed by atoms with Gasteiger partial charge in [-0.15, -0.1) is 0 Å². The number of aromatic nitrogens is 2. The van der Waals surface area contributed by atoms with Gasteiger partial charge in [0.2, 0.25) is 0 Å². The number of aryl methyl sites for hydroxylation is 2. The molecule has 4 nitrogen and oxygen atoms in total. The molecule has 0 unspecified atom stereocenters. The van der Waals surface area contributed by atoms with Crippen LogP contribution in [0.1, 0.15) is 18.4 Å². The molecule has 0 N–H and O–H groups in total. The van der Waals surface area contributed by atoms with E-state index in [1.165, 1.54) is 24.4 Å². The number of imidazole rings is 1. The molecule has 7 heteroatoms. The summed E-state index contributed by atoms with van der Waals surface area (Å²) in [6.07, 6.45) is 2.00. The summed E-state index contributed by atoms with van der Waals surface area (Å²) in [7, 11) is -3.74. The predicted octanol–water partition coefficient (Wildman–Crippen LogP) is 3.30. The van der Waals surface area contributed by atoms with Gasteiger partial charge in [-0.1, -0.05) is 30.1 Å². The van der Waals surface area contributed by atoms with Crippen LogP contribution in [0.25, 0.3) is 0 Å². The van der Waals surface area contributed by atoms with Crippen molar-refractivity contribution in [2.24, 2.45) is 0 Å². The van der Waals surface area contributed by atoms with Crippen LogP contribution in [-0.2, 0) is 16.4 Å². The van der Waals surface area contributed by atoms with Crippen molar-refractivity contribution in [3.63, 3.8) is 0 Å². The van der Waals surface area contributed by atoms with E-state index in [4.69, 9.17) is 23.2 Å². The van der Waals surface area contributed by atoms with Gasteiger partial charge in [0.25, 0.3) is 10.0 Å². The summed E-state index contributed by atoms with van der Waals surface area (Å²) in [5, 5.41) is 0.488. The molecular formula is C12H12Cl2N2O2S. The lowest BCUT2D eigenvalue weighted by molar-refractivity contribution is 0.584. The van der Waals surface area contributed by atoms with Crippen molar-refractivity contribution in [2.45, 2.75) is 25.2 Å². The minimum atomic E-state index is -3.74. The Morgan fingerprint density at radius 3 is 2.58 bits per heavy atom. The average Bonchev–Trinajstić information content (AvgIpc) is 2.70. The van der Waals surface area contributed by atoms with Crippen molar-refractivity contribution in [1.29, 1.82) is 0 Å². The van der Waals surface area contributed by atoms with Crippen LogP contribution in [0.4, 0.5) is 0 Å². The third-order valence-electron chi connectivity index (χ3n) is 2.61. The summed E-state index contributed by atoms with van der Waals surface area (Å²) in [6.45, 7) is 3.59. The number of halogens is 2. The van der Waals surface area contributed by atoms with Crippen LogP contribution in [0.5, 0.6) is 0 Å². The number of benzene rings is 1. The van der Waals surface area contributed by atoms with Gasteiger partial charge < -0.3 is 0 Å². The third-order valence-corrected chi connectivity index (χ3v) is 5.02. The zero-order valence-electron chi connectivity index (χ0n) is 10.4. The smallest absolute Gasteiger partial charge is 0.238 e. The van der Waals surface area contributed by atoms with Crippen LogP contribution >= 0.6 is 23.2 Å². The fourth-order valence-electron chi connectivity index (χ4n) is 1.76. The summed E-state index contributed by atoms with van der Waals surface area (Å²) in [6, 6.07) is 4.30. The first kappa shape index (κ1) is 14.4. The molecule has 1 aromatic carbocycles. The highest BCUT2D eigenvalue weighted by Gasteiger charge is 2.23. The monoisotopic (exact) mass is 318 g/mol. The maximum absolute atomic E-state index is 12.6. The standard InChI is InChI=1S/C12H12Cl2N2O2S/c1-3-12-15-8(2)7-16(12)19(17,18)11-5-4-9(13)6-10(11)14/h4-7H,3H2,1-2H3. The highest BCUT2D eigenvalue weighted by atomic mass is 35.5. The second-order valence-corrected chi connectivity index (χ2v) is 6.65. The molecule has 0 aliphatic rings. The predicted molar refractivity (Wildman–Crippen MR) is 75.4 cm³/mol. The van der Waals surface area contributed by atoms with Gasteiger partial charge in [0, 0.05) is 17.6 Å². The molecule has 0 saturated heterocycles. The maximum atomic E-state index is 12.6. The third kappa shape index (κ3) is 2.63. The molecule has 0 radical (unpaired) electrons. The zero-order valence-corrected chi connectivity index (χ0v) is 12.7. The highest BCUT2D eigenvalue weighted by molar-refractivity contribution is 7.90. The molecular weight excluding hydrogens is 307 g/mol. The van der Waals surface area contributed by atoms with Crippen LogP contribution in [0, 0.1) is 6.92 Å². The van der Waals surface area contributed by atoms with Crippen LogP contribution < -0.4 is 0 Å². The first-order valence-electron chi connectivity index (χ1n) is 5.61. The fraction of sp³-hybridized carbons (Fsp3) is 0.250. The highest BCUT2D eigenvalue weighted by Crippen LogP contribution is 2.27. The summed E-state index contributed by atoms with van der Waals surface area (Å²) in [4.78, 5) is 4.20. The largest absolute Gasteiger partial charge is 0.270 e. The van der Waals surface area contributed by atoms with E-state index in [1.54, 1.807) is 6.92 Å². The number of hydrogen-bond donors (Lipinski definition) is 0. The van der Waals surface area contributed by atoms with E-state index in [-0.39, 0.29) is 9.92 Å². The van der Waals surface area contributed by atoms with Crippen molar-refractivity contribution in [3.05, 3.63) is 46.0 Å². The van der Waals surface area contributed by atoms with Crippen molar-refractivity contribution in [3.8, 4) is 0 Å². The van der Waals surface area contributed by atoms with Crippen molar-refractivity contribution in [2.75, 3.05) is 0 Å². The second-order valence-electron chi connectivity index (χ2n) is 4.03. The summed E-state index contributed by atoms with van der Waals surface area (Å²) < 4.78 is 26.3. The molecule has 0 atom stereocenters. The van der Waals surface area contributed by atoms with Gasteiger partial charge in [0.1, 0.15) is 10.7 Å². The van der Waals surface area contributed by atoms with Crippen LogP contribution in [0.15, 0.2) is 29.3 Å². The lowest BCUT2D eigenvalue weighted by Crippen LogP contribution is -2.15. The normalized spacial score (nSPS) is 11.8. The average molecular weight is 319 g/mol. The lowest BCUT2D eigenvalue weighted by Gasteiger charge is -2.09. The molecule has 19 heavy (non-hydrogen) atoms. The Morgan fingerprint density at radius 1 is 1.32 bits per heavy atom. The molecule has 0 aliphatic heterocycles. The lowest BCUT2D eigenvalue weighted by atomic mass is 10.4. The van der Waals surface area contributed by atoms with Gasteiger partial charge in [-0.3, -0.25) is 0 Å². The van der Waals surface area contributed by atoms with Crippen molar-refractivity contribution < 1.29 is 8.42 Å². The first-order chi connectivity index (χ1) is 8.86. The first-order valence-corrected chi connectivity index (χ1v) is 7.81. The molecule has 2 aromatic rings. The van der Waals surface area contributed by atoms with Crippen LogP contribution in [-0.4, -0.2) is 17.4 Å². The Labute approximate surface area is 122 Å². The molecule has 2 rings (SSSR count). The Kier molecular flexibility index (Phi) is 3.90. The zero-order chi connectivity index (χ0) is 14.2. The summed E-state index contributed by atoms with van der Waals surface area (Å²) in [5.74, 6) is 0.475. The van der Waals surface area contributed by atoms with E-state index in [2.05, 4.69) is 4.98 Å². The minimum Gasteiger partial charge on any atom is -0.238 e. The van der Waals surface area contributed by atoms with Crippen molar-refractivity contribution >= 4 is 33.2 Å². The van der Waals surface area contributed by atoms with E-state index < -0.39 is 10.0 Å². The fourth-order valence-corrected chi connectivity index (χ4v) is 3.96. The van der Waals surface area contributed by atoms with E-state index >= 15 is 0 Å². The minimum absolute atomic E-state index is 0.0191. The summed E-state index contributed by atoms with van der Waals surface area (Å²) in [5.41, 5.74) is 0.644. The van der Waals surface area contributed by atoms with Crippen LogP contribution in [0.3, 0.4) is 0 Å². The molecule has 102 valence electrons. The molecule has 0 aliphatic carbocycles. The SMILES string of the molecule is CCc1nc(C)cn1S(=O)(=O)c1ccc(Cl)cc1Cl. The number of rotatable bonds is 3. The molecule has 1 heterocycles. The van der Waals surface area contributed by atoms with Gasteiger partial charge in [-0.25, -0.2) is 17.4 Å². The molecule has 0 bridgehead atoms. The molecule has 0 spiro atoms. The van der Waals surface area contributed by atoms with E-state index in [0.717, 1.165) is 3.97 Å². The Balaban J connectivity index is 2.65. The van der Waals surface area contributed by atoms with Gasteiger partial charge in [-0.05, 0) is 25.1 Å². The van der Waals surface area contributed by atoms with Crippen molar-refractivity contribution in [1.82, 2.24) is 8.96 Å². The number of nitrogens with zero attached hydrogens (tertiary/aromatic N) is 2. The summed E-state index contributed by atoms with van der Waals surface area (Å²) >= 11 is 11.7. The van der Waals surface area contributed by atoms with Gasteiger partial charge in [-0.2, -0.15) is 0 Å². The quantitative estimate of drug-likeness (QED) is 0.872. The van der Waals surface area contributed by atoms with E-state index in [9.17, 15) is 8.42 Å². The van der Waals surface area contributed by atoms with Gasteiger partial charge in [0.15, 0.2) is 0 Å². The molecule has 0 amide bonds. The second kappa shape index (κ2) is 5.15. The molecule has 0 fully saturated rings. The van der Waals surface area contributed by atoms with Crippen LogP contribution in [0.2, 0.25) is 10.0 Å². The Bertz CT molecular complexity index is 723.